The molecule has 0 bridgehead atoms. The molecule has 1 heterocycles. The molecule has 0 spiro atoms. The highest BCUT2D eigenvalue weighted by molar-refractivity contribution is 5.76. The van der Waals surface area contributed by atoms with Crippen molar-refractivity contribution in [1.29, 1.82) is 0 Å². The normalized spacial score (nSPS) is 25.2. The van der Waals surface area contributed by atoms with Crippen LogP contribution < -0.4 is 10.6 Å². The van der Waals surface area contributed by atoms with Crippen LogP contribution >= 0.6 is 0 Å². The van der Waals surface area contributed by atoms with E-state index in [1.807, 2.05) is 6.07 Å². The second-order valence-corrected chi connectivity index (χ2v) is 4.61. The molecule has 2 atom stereocenters. The van der Waals surface area contributed by atoms with E-state index in [2.05, 4.69) is 24.3 Å². The Morgan fingerprint density at radius 3 is 2.81 bits per heavy atom. The van der Waals surface area contributed by atoms with Gasteiger partial charge in [0.2, 0.25) is 5.91 Å². The highest BCUT2D eigenvalue weighted by Gasteiger charge is 2.26. The summed E-state index contributed by atoms with van der Waals surface area (Å²) in [5.41, 5.74) is 6.71. The number of hydrogen-bond acceptors (Lipinski definition) is 1. The summed E-state index contributed by atoms with van der Waals surface area (Å²) in [6.07, 6.45) is 2.07. The second kappa shape index (κ2) is 5.12. The summed E-state index contributed by atoms with van der Waals surface area (Å²) in [5, 5.41) is 0. The molecule has 1 aromatic carbocycles. The molecule has 0 aromatic heterocycles. The predicted octanol–water partition coefficient (Wildman–Crippen LogP) is -0.0332. The Morgan fingerprint density at radius 2 is 2.12 bits per heavy atom. The van der Waals surface area contributed by atoms with Crippen LogP contribution in [0.4, 0.5) is 0 Å². The van der Waals surface area contributed by atoms with E-state index in [0.29, 0.717) is 0 Å². The van der Waals surface area contributed by atoms with Crippen LogP contribution in [-0.4, -0.2) is 19.0 Å². The summed E-state index contributed by atoms with van der Waals surface area (Å²) in [7, 11) is 0. The van der Waals surface area contributed by atoms with Crippen LogP contribution in [0, 0.1) is 5.92 Å². The summed E-state index contributed by atoms with van der Waals surface area (Å²) in [5.74, 6) is -0.0577. The number of nitrogens with two attached hydrogens (primary N) is 1. The first kappa shape index (κ1) is 11.1. The molecule has 3 nitrogen and oxygen atoms in total. The highest BCUT2D eigenvalue weighted by Crippen LogP contribution is 2.07. The van der Waals surface area contributed by atoms with Gasteiger partial charge in [0.15, 0.2) is 0 Å². The van der Waals surface area contributed by atoms with E-state index in [9.17, 15) is 4.79 Å². The number of amides is 1. The van der Waals surface area contributed by atoms with Crippen LogP contribution in [0.15, 0.2) is 30.3 Å². The standard InChI is InChI=1S/C13H18N2O/c14-13(16)12-7-4-8-15(10-12)9-11-5-2-1-3-6-11/h1-3,5-6,12H,4,7-10H2,(H2,14,16)/p+1/t12-/m0/s1. The fraction of sp³-hybridized carbons (Fsp3) is 0.462. The van der Waals surface area contributed by atoms with Gasteiger partial charge in [-0.05, 0) is 12.8 Å². The van der Waals surface area contributed by atoms with Gasteiger partial charge in [-0.15, -0.1) is 0 Å². The van der Waals surface area contributed by atoms with E-state index in [1.165, 1.54) is 10.5 Å². The van der Waals surface area contributed by atoms with Crippen molar-refractivity contribution in [3.63, 3.8) is 0 Å². The Morgan fingerprint density at radius 1 is 1.38 bits per heavy atom. The van der Waals surface area contributed by atoms with Crippen LogP contribution in [0.25, 0.3) is 0 Å². The smallest absolute Gasteiger partial charge is 0.226 e. The van der Waals surface area contributed by atoms with Crippen molar-refractivity contribution in [2.45, 2.75) is 19.4 Å². The summed E-state index contributed by atoms with van der Waals surface area (Å²) in [6, 6.07) is 10.4. The van der Waals surface area contributed by atoms with Crippen LogP contribution in [0.1, 0.15) is 18.4 Å². The summed E-state index contributed by atoms with van der Waals surface area (Å²) >= 11 is 0. The molecule has 1 fully saturated rings. The zero-order valence-corrected chi connectivity index (χ0v) is 9.49. The van der Waals surface area contributed by atoms with E-state index < -0.39 is 0 Å². The average molecular weight is 219 g/mol. The summed E-state index contributed by atoms with van der Waals surface area (Å²) in [6.45, 7) is 3.05. The molecule has 86 valence electrons. The number of hydrogen-bond donors (Lipinski definition) is 2. The van der Waals surface area contributed by atoms with Crippen molar-refractivity contribution < 1.29 is 9.69 Å². The van der Waals surface area contributed by atoms with Crippen molar-refractivity contribution in [3.8, 4) is 0 Å². The van der Waals surface area contributed by atoms with Crippen LogP contribution in [0.3, 0.4) is 0 Å². The van der Waals surface area contributed by atoms with Gasteiger partial charge in [-0.25, -0.2) is 0 Å². The third-order valence-corrected chi connectivity index (χ3v) is 3.32. The van der Waals surface area contributed by atoms with E-state index in [-0.39, 0.29) is 11.8 Å². The highest BCUT2D eigenvalue weighted by atomic mass is 16.1. The minimum Gasteiger partial charge on any atom is -0.369 e. The quantitative estimate of drug-likeness (QED) is 0.736. The first-order valence-electron chi connectivity index (χ1n) is 5.92. The van der Waals surface area contributed by atoms with Crippen molar-refractivity contribution in [1.82, 2.24) is 0 Å². The third kappa shape index (κ3) is 2.83. The number of piperidine rings is 1. The molecular formula is C13H19N2O+. The van der Waals surface area contributed by atoms with Gasteiger partial charge in [-0.1, -0.05) is 30.3 Å². The minimum atomic E-state index is -0.134. The topological polar surface area (TPSA) is 47.5 Å². The van der Waals surface area contributed by atoms with Crippen molar-refractivity contribution >= 4 is 5.91 Å². The predicted molar refractivity (Wildman–Crippen MR) is 62.8 cm³/mol. The van der Waals surface area contributed by atoms with Crippen molar-refractivity contribution in [3.05, 3.63) is 35.9 Å². The first-order chi connectivity index (χ1) is 7.75. The SMILES string of the molecule is NC(=O)[C@H]1CCC[NH+](Cc2ccccc2)C1. The van der Waals surface area contributed by atoms with Gasteiger partial charge < -0.3 is 10.6 Å². The number of carbonyl (C=O) groups is 1. The van der Waals surface area contributed by atoms with Gasteiger partial charge in [0.05, 0.1) is 19.0 Å². The maximum absolute atomic E-state index is 11.2. The molecule has 16 heavy (non-hydrogen) atoms. The Bertz CT molecular complexity index is 350. The lowest BCUT2D eigenvalue weighted by atomic mass is 9.97. The van der Waals surface area contributed by atoms with Gasteiger partial charge >= 0.3 is 0 Å². The minimum absolute atomic E-state index is 0.0764. The number of rotatable bonds is 3. The van der Waals surface area contributed by atoms with Crippen LogP contribution in [-0.2, 0) is 11.3 Å². The van der Waals surface area contributed by atoms with E-state index in [0.717, 1.165) is 32.5 Å². The molecule has 2 rings (SSSR count). The van der Waals surface area contributed by atoms with E-state index in [4.69, 9.17) is 5.73 Å². The fourth-order valence-corrected chi connectivity index (χ4v) is 2.44. The molecule has 1 amide bonds. The van der Waals surface area contributed by atoms with Gasteiger partial charge in [0.1, 0.15) is 6.54 Å². The molecule has 1 unspecified atom stereocenters. The molecule has 0 radical (unpaired) electrons. The zero-order chi connectivity index (χ0) is 11.4. The Labute approximate surface area is 96.2 Å². The van der Waals surface area contributed by atoms with Gasteiger partial charge in [-0.3, -0.25) is 4.79 Å². The number of nitrogens with one attached hydrogen (secondary N) is 1. The van der Waals surface area contributed by atoms with E-state index >= 15 is 0 Å². The zero-order valence-electron chi connectivity index (χ0n) is 9.49. The lowest BCUT2D eigenvalue weighted by molar-refractivity contribution is -0.921. The maximum Gasteiger partial charge on any atom is 0.226 e. The van der Waals surface area contributed by atoms with Crippen molar-refractivity contribution in [2.75, 3.05) is 13.1 Å². The molecule has 1 aliphatic rings. The molecule has 1 aliphatic heterocycles. The van der Waals surface area contributed by atoms with Gasteiger partial charge in [0.25, 0.3) is 0 Å². The number of benzene rings is 1. The molecule has 0 aliphatic carbocycles. The molecule has 1 saturated heterocycles. The lowest BCUT2D eigenvalue weighted by Crippen LogP contribution is -3.12. The largest absolute Gasteiger partial charge is 0.369 e. The second-order valence-electron chi connectivity index (χ2n) is 4.61. The Hall–Kier alpha value is -1.35. The number of likely N-dealkylation sites (tertiary alicyclic amines) is 1. The van der Waals surface area contributed by atoms with E-state index in [1.54, 1.807) is 0 Å². The van der Waals surface area contributed by atoms with Crippen LogP contribution in [0.5, 0.6) is 0 Å². The molecule has 3 N–H and O–H groups in total. The first-order valence-corrected chi connectivity index (χ1v) is 5.92. The molecule has 0 saturated carbocycles. The lowest BCUT2D eigenvalue weighted by Gasteiger charge is -2.28. The molecule has 3 heteroatoms. The molecular weight excluding hydrogens is 200 g/mol. The van der Waals surface area contributed by atoms with Crippen molar-refractivity contribution in [2.24, 2.45) is 11.7 Å². The van der Waals surface area contributed by atoms with Crippen LogP contribution in [0.2, 0.25) is 0 Å². The number of carbonyl (C=O) groups excluding carboxylic acids is 1. The number of quaternary nitrogens is 1. The average Bonchev–Trinajstić information content (AvgIpc) is 2.30. The Kier molecular flexibility index (Phi) is 3.57. The summed E-state index contributed by atoms with van der Waals surface area (Å²) < 4.78 is 0. The third-order valence-electron chi connectivity index (χ3n) is 3.32. The Balaban J connectivity index is 1.93. The molecule has 1 aromatic rings. The fourth-order valence-electron chi connectivity index (χ4n) is 2.44. The number of primary amides is 1. The monoisotopic (exact) mass is 219 g/mol. The van der Waals surface area contributed by atoms with Gasteiger partial charge in [-0.2, -0.15) is 0 Å². The maximum atomic E-state index is 11.2. The summed E-state index contributed by atoms with van der Waals surface area (Å²) in [4.78, 5) is 12.6. The van der Waals surface area contributed by atoms with Gasteiger partial charge in [0, 0.05) is 5.56 Å².